The monoisotopic (exact) mass is 686 g/mol. The molecule has 0 saturated carbocycles. The van der Waals surface area contributed by atoms with Gasteiger partial charge in [0.2, 0.25) is 10.0 Å². The topological polar surface area (TPSA) is 109 Å². The molecule has 3 aromatic rings. The second-order valence-electron chi connectivity index (χ2n) is 14.4. The maximum Gasteiger partial charge on any atom is 0.318 e. The molecular formula is C37H50N8O3S. The number of hydrogen-bond donors (Lipinski definition) is 0. The third-order valence-electron chi connectivity index (χ3n) is 11.2. The van der Waals surface area contributed by atoms with Gasteiger partial charge in [0.05, 0.1) is 30.8 Å². The van der Waals surface area contributed by atoms with E-state index in [-0.39, 0.29) is 6.42 Å². The zero-order chi connectivity index (χ0) is 34.1. The number of nitriles is 1. The first-order chi connectivity index (χ1) is 23.7. The van der Waals surface area contributed by atoms with Gasteiger partial charge in [-0.15, -0.1) is 0 Å². The normalized spacial score (nSPS) is 24.5. The smallest absolute Gasteiger partial charge is 0.318 e. The van der Waals surface area contributed by atoms with Crippen molar-refractivity contribution in [3.05, 3.63) is 53.2 Å². The zero-order valence-electron chi connectivity index (χ0n) is 29.2. The van der Waals surface area contributed by atoms with Crippen molar-refractivity contribution in [1.82, 2.24) is 24.1 Å². The fourth-order valence-electron chi connectivity index (χ4n) is 8.44. The molecule has 3 fully saturated rings. The summed E-state index contributed by atoms with van der Waals surface area (Å²) < 4.78 is 36.3. The van der Waals surface area contributed by atoms with Gasteiger partial charge in [0, 0.05) is 48.9 Å². The van der Waals surface area contributed by atoms with E-state index >= 15 is 0 Å². The summed E-state index contributed by atoms with van der Waals surface area (Å²) in [6.45, 7) is 7.20. The van der Waals surface area contributed by atoms with Gasteiger partial charge in [0.1, 0.15) is 17.8 Å². The molecule has 3 saturated heterocycles. The molecule has 0 radical (unpaired) electrons. The van der Waals surface area contributed by atoms with Crippen LogP contribution in [0.2, 0.25) is 0 Å². The molecule has 4 aliphatic rings. The fraction of sp³-hybridized carbons (Fsp3) is 0.595. The number of likely N-dealkylation sites (N-methyl/N-ethyl adjacent to an activating group) is 1. The van der Waals surface area contributed by atoms with Crippen LogP contribution in [0.25, 0.3) is 10.8 Å². The van der Waals surface area contributed by atoms with Gasteiger partial charge in [-0.25, -0.2) is 8.42 Å². The number of aryl methyl sites for hydroxylation is 1. The first kappa shape index (κ1) is 34.0. The lowest BCUT2D eigenvalue weighted by Crippen LogP contribution is -2.59. The molecule has 11 nitrogen and oxygen atoms in total. The molecule has 4 aliphatic heterocycles. The van der Waals surface area contributed by atoms with E-state index in [2.05, 4.69) is 71.1 Å². The number of piperazine rings is 1. The molecule has 1 unspecified atom stereocenters. The van der Waals surface area contributed by atoms with Crippen molar-refractivity contribution in [2.24, 2.45) is 0 Å². The molecule has 49 heavy (non-hydrogen) atoms. The molecule has 5 heterocycles. The van der Waals surface area contributed by atoms with E-state index in [4.69, 9.17) is 14.7 Å². The molecule has 0 N–H and O–H groups in total. The molecule has 0 aliphatic carbocycles. The highest BCUT2D eigenvalue weighted by atomic mass is 32.2. The predicted octanol–water partition coefficient (Wildman–Crippen LogP) is 4.54. The second kappa shape index (κ2) is 14.4. The molecule has 1 aromatic heterocycles. The molecule has 2 aromatic carbocycles. The van der Waals surface area contributed by atoms with Crippen LogP contribution in [0.3, 0.4) is 0 Å². The molecule has 3 atom stereocenters. The lowest BCUT2D eigenvalue weighted by molar-refractivity contribution is 0.187. The van der Waals surface area contributed by atoms with Crippen LogP contribution >= 0.6 is 0 Å². The van der Waals surface area contributed by atoms with E-state index in [0.717, 1.165) is 75.2 Å². The number of benzene rings is 2. The van der Waals surface area contributed by atoms with Gasteiger partial charge in [0.15, 0.2) is 0 Å². The van der Waals surface area contributed by atoms with Crippen LogP contribution in [0.1, 0.15) is 61.8 Å². The summed E-state index contributed by atoms with van der Waals surface area (Å²) in [4.78, 5) is 19.0. The minimum atomic E-state index is -3.63. The molecule has 0 amide bonds. The van der Waals surface area contributed by atoms with E-state index in [0.29, 0.717) is 51.3 Å². The number of likely N-dealkylation sites (tertiary alicyclic amines) is 2. The number of anilines is 2. The summed E-state index contributed by atoms with van der Waals surface area (Å²) in [6.07, 6.45) is 6.72. The highest BCUT2D eigenvalue weighted by Crippen LogP contribution is 2.37. The van der Waals surface area contributed by atoms with Gasteiger partial charge in [0.25, 0.3) is 0 Å². The summed E-state index contributed by atoms with van der Waals surface area (Å²) >= 11 is 0. The first-order valence-corrected chi connectivity index (χ1v) is 19.5. The number of sulfonamides is 1. The van der Waals surface area contributed by atoms with Crippen molar-refractivity contribution >= 4 is 32.3 Å². The van der Waals surface area contributed by atoms with E-state index in [1.807, 2.05) is 11.9 Å². The maximum absolute atomic E-state index is 14.1. The van der Waals surface area contributed by atoms with Crippen LogP contribution in [0, 0.1) is 18.3 Å². The highest BCUT2D eigenvalue weighted by Gasteiger charge is 2.42. The van der Waals surface area contributed by atoms with Crippen molar-refractivity contribution in [2.45, 2.75) is 82.3 Å². The molecule has 0 bridgehead atoms. The number of hydrogen-bond acceptors (Lipinski definition) is 10. The third kappa shape index (κ3) is 6.83. The average Bonchev–Trinajstić information content (AvgIpc) is 3.38. The SMILES string of the molecule is Cc1cccc2cccc(N3CCc4c(nc(OC[C@@H]5CCCN5C)nc4N4CCN(S(=O)(=O)C5CCCCCN5C)[C@@H](CC#N)C4)C3)c12. The largest absolute Gasteiger partial charge is 0.462 e. The Kier molecular flexibility index (Phi) is 9.98. The third-order valence-corrected chi connectivity index (χ3v) is 13.6. The molecule has 7 rings (SSSR count). The van der Waals surface area contributed by atoms with Crippen LogP contribution in [-0.2, 0) is 23.0 Å². The Balaban J connectivity index is 1.20. The summed E-state index contributed by atoms with van der Waals surface area (Å²) in [5.74, 6) is 0.820. The maximum atomic E-state index is 14.1. The fourth-order valence-corrected chi connectivity index (χ4v) is 10.7. The number of fused-ring (bicyclic) bond motifs is 2. The lowest BCUT2D eigenvalue weighted by atomic mass is 9.99. The summed E-state index contributed by atoms with van der Waals surface area (Å²) in [5, 5.41) is 11.8. The summed E-state index contributed by atoms with van der Waals surface area (Å²) in [7, 11) is 0.429. The number of nitrogens with zero attached hydrogens (tertiary/aromatic N) is 8. The molecule has 262 valence electrons. The average molecular weight is 687 g/mol. The van der Waals surface area contributed by atoms with Crippen molar-refractivity contribution < 1.29 is 13.2 Å². The van der Waals surface area contributed by atoms with Crippen molar-refractivity contribution in [3.8, 4) is 12.1 Å². The Hall–Kier alpha value is -3.50. The Morgan fingerprint density at radius 2 is 1.71 bits per heavy atom. The van der Waals surface area contributed by atoms with Gasteiger partial charge in [-0.2, -0.15) is 19.5 Å². The van der Waals surface area contributed by atoms with E-state index in [1.54, 1.807) is 4.31 Å². The number of ether oxygens (including phenoxy) is 1. The van der Waals surface area contributed by atoms with Crippen LogP contribution < -0.4 is 14.5 Å². The summed E-state index contributed by atoms with van der Waals surface area (Å²) in [5.41, 5.74) is 4.49. The Labute approximate surface area is 291 Å². The molecule has 12 heteroatoms. The van der Waals surface area contributed by atoms with Gasteiger partial charge >= 0.3 is 6.01 Å². The van der Waals surface area contributed by atoms with E-state index < -0.39 is 21.4 Å². The quantitative estimate of drug-likeness (QED) is 0.335. The summed E-state index contributed by atoms with van der Waals surface area (Å²) in [6, 6.07) is 15.5. The zero-order valence-corrected chi connectivity index (χ0v) is 30.0. The minimum Gasteiger partial charge on any atom is -0.462 e. The van der Waals surface area contributed by atoms with Gasteiger partial charge in [-0.05, 0) is 83.2 Å². The van der Waals surface area contributed by atoms with Gasteiger partial charge in [-0.3, -0.25) is 4.90 Å². The van der Waals surface area contributed by atoms with Crippen molar-refractivity contribution in [2.75, 3.05) is 69.8 Å². The van der Waals surface area contributed by atoms with Crippen LogP contribution in [0.4, 0.5) is 11.5 Å². The highest BCUT2D eigenvalue weighted by molar-refractivity contribution is 7.89. The van der Waals surface area contributed by atoms with Crippen LogP contribution in [0.15, 0.2) is 36.4 Å². The van der Waals surface area contributed by atoms with Crippen molar-refractivity contribution in [3.63, 3.8) is 0 Å². The standard InChI is InChI=1S/C37H50N8O3S/c1-27-10-7-11-28-12-8-14-33(35(27)28)43-21-17-31-32(25-43)39-37(48-26-30-13-9-20-41(30)2)40-36(31)44-22-23-45(29(24-44)16-18-38)49(46,47)34-15-5-4-6-19-42(34)3/h7-8,10-12,14,29-30,34H,4-6,9,13,15-17,19-26H2,1-3H3/t29-,30-,34?/m0/s1. The first-order valence-electron chi connectivity index (χ1n) is 18.0. The van der Waals surface area contributed by atoms with E-state index in [1.165, 1.54) is 22.0 Å². The minimum absolute atomic E-state index is 0.130. The van der Waals surface area contributed by atoms with Crippen molar-refractivity contribution in [1.29, 1.82) is 5.26 Å². The number of aromatic nitrogens is 2. The van der Waals surface area contributed by atoms with Gasteiger partial charge < -0.3 is 19.4 Å². The molecule has 0 spiro atoms. The Morgan fingerprint density at radius 3 is 2.51 bits per heavy atom. The molecular weight excluding hydrogens is 637 g/mol. The lowest BCUT2D eigenvalue weighted by Gasteiger charge is -2.43. The van der Waals surface area contributed by atoms with E-state index in [9.17, 15) is 13.7 Å². The Bertz CT molecular complexity index is 1810. The van der Waals surface area contributed by atoms with Gasteiger partial charge in [-0.1, -0.05) is 43.2 Å². The van der Waals surface area contributed by atoms with Crippen LogP contribution in [-0.4, -0.2) is 110 Å². The second-order valence-corrected chi connectivity index (χ2v) is 16.4. The Morgan fingerprint density at radius 1 is 0.898 bits per heavy atom. The number of rotatable bonds is 8. The predicted molar refractivity (Wildman–Crippen MR) is 193 cm³/mol. The van der Waals surface area contributed by atoms with Crippen LogP contribution in [0.5, 0.6) is 6.01 Å².